The van der Waals surface area contributed by atoms with E-state index in [0.29, 0.717) is 18.7 Å². The first-order chi connectivity index (χ1) is 8.09. The second-order valence-corrected chi connectivity index (χ2v) is 3.96. The van der Waals surface area contributed by atoms with Crippen LogP contribution >= 0.6 is 0 Å². The van der Waals surface area contributed by atoms with E-state index in [0.717, 1.165) is 0 Å². The van der Waals surface area contributed by atoms with E-state index in [1.807, 2.05) is 0 Å². The maximum Gasteiger partial charge on any atom is 0.247 e. The van der Waals surface area contributed by atoms with Gasteiger partial charge in [0.05, 0.1) is 0 Å². The van der Waals surface area contributed by atoms with Crippen molar-refractivity contribution >= 4 is 11.8 Å². The first-order valence-electron chi connectivity index (χ1n) is 5.40. The number of halogens is 1. The fourth-order valence-electron chi connectivity index (χ4n) is 1.98. The lowest BCUT2D eigenvalue weighted by atomic mass is 10.0. The molecule has 0 bridgehead atoms. The Hall–Kier alpha value is -1.91. The SMILES string of the molecule is CC(=O)N1CCNC(=O)C1c1ccc(F)cc1. The summed E-state index contributed by atoms with van der Waals surface area (Å²) in [5.41, 5.74) is 0.624. The monoisotopic (exact) mass is 236 g/mol. The molecular weight excluding hydrogens is 223 g/mol. The van der Waals surface area contributed by atoms with Crippen molar-refractivity contribution in [2.45, 2.75) is 13.0 Å². The fourth-order valence-corrected chi connectivity index (χ4v) is 1.98. The summed E-state index contributed by atoms with van der Waals surface area (Å²) < 4.78 is 12.8. The van der Waals surface area contributed by atoms with Gasteiger partial charge in [0.15, 0.2) is 0 Å². The second-order valence-electron chi connectivity index (χ2n) is 3.96. The maximum absolute atomic E-state index is 12.8. The Kier molecular flexibility index (Phi) is 3.08. The normalized spacial score (nSPS) is 20.0. The first-order valence-corrected chi connectivity index (χ1v) is 5.40. The number of hydrogen-bond acceptors (Lipinski definition) is 2. The lowest BCUT2D eigenvalue weighted by Gasteiger charge is -2.34. The lowest BCUT2D eigenvalue weighted by Crippen LogP contribution is -2.51. The average molecular weight is 236 g/mol. The summed E-state index contributed by atoms with van der Waals surface area (Å²) in [6.45, 7) is 2.36. The minimum absolute atomic E-state index is 0.158. The minimum Gasteiger partial charge on any atom is -0.352 e. The van der Waals surface area contributed by atoms with E-state index in [1.54, 1.807) is 0 Å². The van der Waals surface area contributed by atoms with Crippen molar-refractivity contribution in [3.8, 4) is 0 Å². The Balaban J connectivity index is 2.34. The van der Waals surface area contributed by atoms with Crippen molar-refractivity contribution in [2.24, 2.45) is 0 Å². The molecule has 0 saturated carbocycles. The van der Waals surface area contributed by atoms with E-state index < -0.39 is 6.04 Å². The number of hydrogen-bond donors (Lipinski definition) is 1. The van der Waals surface area contributed by atoms with Crippen LogP contribution in [0.1, 0.15) is 18.5 Å². The van der Waals surface area contributed by atoms with Crippen LogP contribution < -0.4 is 5.32 Å². The van der Waals surface area contributed by atoms with Crippen LogP contribution in [0.15, 0.2) is 24.3 Å². The molecule has 0 spiro atoms. The highest BCUT2D eigenvalue weighted by molar-refractivity contribution is 5.89. The van der Waals surface area contributed by atoms with Gasteiger partial charge in [-0.3, -0.25) is 9.59 Å². The Morgan fingerprint density at radius 3 is 2.65 bits per heavy atom. The van der Waals surface area contributed by atoms with Gasteiger partial charge in [-0.05, 0) is 17.7 Å². The fraction of sp³-hybridized carbons (Fsp3) is 0.333. The molecule has 1 aromatic rings. The molecule has 1 aromatic carbocycles. The van der Waals surface area contributed by atoms with Gasteiger partial charge in [-0.2, -0.15) is 0 Å². The predicted octanol–water partition coefficient (Wildman–Crippen LogP) is 0.845. The summed E-state index contributed by atoms with van der Waals surface area (Å²) in [7, 11) is 0. The molecule has 1 atom stereocenters. The standard InChI is InChI=1S/C12H13FN2O2/c1-8(16)15-7-6-14-12(17)11(15)9-2-4-10(13)5-3-9/h2-5,11H,6-7H2,1H3,(H,14,17). The average Bonchev–Trinajstić information content (AvgIpc) is 2.30. The number of nitrogens with one attached hydrogen (secondary N) is 1. The summed E-state index contributed by atoms with van der Waals surface area (Å²) in [5, 5.41) is 2.70. The molecule has 4 nitrogen and oxygen atoms in total. The molecule has 1 saturated heterocycles. The molecule has 1 N–H and O–H groups in total. The number of piperazine rings is 1. The van der Waals surface area contributed by atoms with Gasteiger partial charge in [0, 0.05) is 20.0 Å². The molecule has 2 rings (SSSR count). The molecule has 5 heteroatoms. The third-order valence-corrected chi connectivity index (χ3v) is 2.80. The van der Waals surface area contributed by atoms with Crippen molar-refractivity contribution in [1.82, 2.24) is 10.2 Å². The van der Waals surface area contributed by atoms with Gasteiger partial charge in [0.25, 0.3) is 0 Å². The van der Waals surface area contributed by atoms with Gasteiger partial charge in [0.1, 0.15) is 11.9 Å². The summed E-state index contributed by atoms with van der Waals surface area (Å²) >= 11 is 0. The molecule has 1 unspecified atom stereocenters. The summed E-state index contributed by atoms with van der Waals surface area (Å²) in [6, 6.07) is 4.98. The van der Waals surface area contributed by atoms with Crippen molar-refractivity contribution in [3.05, 3.63) is 35.6 Å². The first kappa shape index (κ1) is 11.6. The number of carbonyl (C=O) groups is 2. The Morgan fingerprint density at radius 1 is 1.41 bits per heavy atom. The molecular formula is C12H13FN2O2. The van der Waals surface area contributed by atoms with Crippen LogP contribution in [0.5, 0.6) is 0 Å². The highest BCUT2D eigenvalue weighted by atomic mass is 19.1. The van der Waals surface area contributed by atoms with Crippen molar-refractivity contribution in [2.75, 3.05) is 13.1 Å². The van der Waals surface area contributed by atoms with Crippen LogP contribution in [0.3, 0.4) is 0 Å². The maximum atomic E-state index is 12.8. The quantitative estimate of drug-likeness (QED) is 0.785. The van der Waals surface area contributed by atoms with Crippen molar-refractivity contribution < 1.29 is 14.0 Å². The molecule has 1 heterocycles. The van der Waals surface area contributed by atoms with E-state index >= 15 is 0 Å². The smallest absolute Gasteiger partial charge is 0.247 e. The zero-order chi connectivity index (χ0) is 12.4. The Labute approximate surface area is 98.4 Å². The van der Waals surface area contributed by atoms with Crippen molar-refractivity contribution in [3.63, 3.8) is 0 Å². The van der Waals surface area contributed by atoms with E-state index in [2.05, 4.69) is 5.32 Å². The van der Waals surface area contributed by atoms with E-state index in [-0.39, 0.29) is 17.6 Å². The summed E-state index contributed by atoms with van der Waals surface area (Å²) in [4.78, 5) is 24.8. The molecule has 1 aliphatic heterocycles. The third kappa shape index (κ3) is 2.27. The van der Waals surface area contributed by atoms with E-state index in [4.69, 9.17) is 0 Å². The van der Waals surface area contributed by atoms with E-state index in [9.17, 15) is 14.0 Å². The number of amides is 2. The molecule has 0 radical (unpaired) electrons. The largest absolute Gasteiger partial charge is 0.352 e. The van der Waals surface area contributed by atoms with Gasteiger partial charge >= 0.3 is 0 Å². The molecule has 0 aliphatic carbocycles. The number of carbonyl (C=O) groups excluding carboxylic acids is 2. The molecule has 2 amide bonds. The molecule has 1 fully saturated rings. The van der Waals surface area contributed by atoms with Crippen LogP contribution in [-0.4, -0.2) is 29.8 Å². The van der Waals surface area contributed by atoms with Crippen molar-refractivity contribution in [1.29, 1.82) is 0 Å². The lowest BCUT2D eigenvalue weighted by molar-refractivity contribution is -0.142. The number of benzene rings is 1. The number of nitrogens with zero attached hydrogens (tertiary/aromatic N) is 1. The molecule has 1 aliphatic rings. The number of rotatable bonds is 1. The molecule has 17 heavy (non-hydrogen) atoms. The minimum atomic E-state index is -0.651. The van der Waals surface area contributed by atoms with Crippen LogP contribution in [-0.2, 0) is 9.59 Å². The zero-order valence-corrected chi connectivity index (χ0v) is 9.44. The van der Waals surface area contributed by atoms with Crippen LogP contribution in [0, 0.1) is 5.82 Å². The van der Waals surface area contributed by atoms with Gasteiger partial charge in [-0.1, -0.05) is 12.1 Å². The van der Waals surface area contributed by atoms with Crippen LogP contribution in [0.4, 0.5) is 4.39 Å². The highest BCUT2D eigenvalue weighted by Crippen LogP contribution is 2.23. The van der Waals surface area contributed by atoms with Gasteiger partial charge in [-0.25, -0.2) is 4.39 Å². The van der Waals surface area contributed by atoms with Gasteiger partial charge in [-0.15, -0.1) is 0 Å². The second kappa shape index (κ2) is 4.53. The van der Waals surface area contributed by atoms with Crippen LogP contribution in [0.2, 0.25) is 0 Å². The Morgan fingerprint density at radius 2 is 2.06 bits per heavy atom. The topological polar surface area (TPSA) is 49.4 Å². The highest BCUT2D eigenvalue weighted by Gasteiger charge is 2.32. The molecule has 90 valence electrons. The van der Waals surface area contributed by atoms with E-state index in [1.165, 1.54) is 36.1 Å². The summed E-state index contributed by atoms with van der Waals surface area (Å²) in [5.74, 6) is -0.744. The zero-order valence-electron chi connectivity index (χ0n) is 9.44. The Bertz CT molecular complexity index is 444. The van der Waals surface area contributed by atoms with Crippen LogP contribution in [0.25, 0.3) is 0 Å². The van der Waals surface area contributed by atoms with Gasteiger partial charge < -0.3 is 10.2 Å². The molecule has 0 aromatic heterocycles. The third-order valence-electron chi connectivity index (χ3n) is 2.80. The summed E-state index contributed by atoms with van der Waals surface area (Å²) in [6.07, 6.45) is 0. The predicted molar refractivity (Wildman–Crippen MR) is 59.5 cm³/mol. The van der Waals surface area contributed by atoms with Gasteiger partial charge in [0.2, 0.25) is 11.8 Å².